The molecule has 1 saturated heterocycles. The second-order valence-corrected chi connectivity index (χ2v) is 8.71. The molecule has 9 nitrogen and oxygen atoms in total. The van der Waals surface area contributed by atoms with E-state index in [0.29, 0.717) is 23.9 Å². The van der Waals surface area contributed by atoms with Gasteiger partial charge in [-0.1, -0.05) is 24.2 Å². The Hall–Kier alpha value is -2.11. The zero-order valence-electron chi connectivity index (χ0n) is 14.0. The topological polar surface area (TPSA) is 134 Å². The van der Waals surface area contributed by atoms with Crippen molar-refractivity contribution < 1.29 is 13.2 Å². The average Bonchev–Trinajstić information content (AvgIpc) is 3.06. The predicted octanol–water partition coefficient (Wildman–Crippen LogP) is 1.29. The highest BCUT2D eigenvalue weighted by atomic mass is 32.2. The van der Waals surface area contributed by atoms with E-state index in [1.54, 1.807) is 18.2 Å². The van der Waals surface area contributed by atoms with Crippen LogP contribution in [0.4, 0.5) is 11.6 Å². The zero-order chi connectivity index (χ0) is 18.6. The molecule has 0 bridgehead atoms. The lowest BCUT2D eigenvalue weighted by atomic mass is 10.2. The van der Waals surface area contributed by atoms with Crippen LogP contribution in [0.15, 0.2) is 34.3 Å². The molecular formula is C15H20N6O3S2. The number of benzene rings is 1. The van der Waals surface area contributed by atoms with E-state index in [0.717, 1.165) is 31.0 Å². The van der Waals surface area contributed by atoms with Gasteiger partial charge in [0.05, 0.1) is 10.6 Å². The van der Waals surface area contributed by atoms with E-state index < -0.39 is 10.0 Å². The molecule has 1 fully saturated rings. The first-order valence-electron chi connectivity index (χ1n) is 8.16. The van der Waals surface area contributed by atoms with Gasteiger partial charge < -0.3 is 11.1 Å². The van der Waals surface area contributed by atoms with Crippen molar-refractivity contribution in [1.82, 2.24) is 19.5 Å². The molecule has 2 aromatic rings. The number of nitrogen functional groups attached to an aromatic ring is 1. The summed E-state index contributed by atoms with van der Waals surface area (Å²) in [5, 5.41) is 9.39. The van der Waals surface area contributed by atoms with Crippen molar-refractivity contribution in [3.05, 3.63) is 24.3 Å². The van der Waals surface area contributed by atoms with Crippen LogP contribution in [0, 0.1) is 0 Å². The third-order valence-corrected chi connectivity index (χ3v) is 6.63. The number of rotatable bonds is 6. The molecule has 0 unspecified atom stereocenters. The molecule has 1 aliphatic heterocycles. The van der Waals surface area contributed by atoms with Gasteiger partial charge in [0.1, 0.15) is 0 Å². The molecule has 26 heavy (non-hydrogen) atoms. The summed E-state index contributed by atoms with van der Waals surface area (Å²) < 4.78 is 26.9. The number of nitrogens with two attached hydrogens (primary N) is 1. The maximum Gasteiger partial charge on any atom is 0.243 e. The lowest BCUT2D eigenvalue weighted by Gasteiger charge is -2.26. The summed E-state index contributed by atoms with van der Waals surface area (Å²) in [6, 6.07) is 6.31. The summed E-state index contributed by atoms with van der Waals surface area (Å²) in [6.07, 6.45) is 2.80. The first-order valence-corrected chi connectivity index (χ1v) is 10.6. The van der Waals surface area contributed by atoms with Crippen molar-refractivity contribution in [3.8, 4) is 0 Å². The zero-order valence-corrected chi connectivity index (χ0v) is 15.6. The van der Waals surface area contributed by atoms with Gasteiger partial charge in [-0.05, 0) is 31.0 Å². The number of nitrogens with one attached hydrogen (secondary N) is 2. The Bertz CT molecular complexity index is 877. The van der Waals surface area contributed by atoms with Crippen molar-refractivity contribution in [2.75, 3.05) is 29.9 Å². The number of hydrogen-bond donors (Lipinski definition) is 3. The van der Waals surface area contributed by atoms with Gasteiger partial charge in [0.2, 0.25) is 27.0 Å². The van der Waals surface area contributed by atoms with Gasteiger partial charge in [-0.3, -0.25) is 4.79 Å². The molecule has 0 radical (unpaired) electrons. The van der Waals surface area contributed by atoms with Gasteiger partial charge in [0, 0.05) is 18.8 Å². The molecular weight excluding hydrogens is 376 g/mol. The fourth-order valence-corrected chi connectivity index (χ4v) is 4.81. The SMILES string of the molecule is Nc1nc(SCC(=O)Nc2cccc(S(=O)(=O)N3CCCCC3)c2)n[nH]1. The van der Waals surface area contributed by atoms with E-state index in [2.05, 4.69) is 20.5 Å². The molecule has 0 saturated carbocycles. The normalized spacial score (nSPS) is 15.7. The molecule has 0 aliphatic carbocycles. The summed E-state index contributed by atoms with van der Waals surface area (Å²) in [6.45, 7) is 1.07. The lowest BCUT2D eigenvalue weighted by Crippen LogP contribution is -2.35. The Labute approximate surface area is 155 Å². The number of piperidine rings is 1. The third kappa shape index (κ3) is 4.54. The van der Waals surface area contributed by atoms with Crippen LogP contribution in [0.1, 0.15) is 19.3 Å². The lowest BCUT2D eigenvalue weighted by molar-refractivity contribution is -0.113. The van der Waals surface area contributed by atoms with E-state index in [1.807, 2.05) is 0 Å². The third-order valence-electron chi connectivity index (χ3n) is 3.89. The maximum absolute atomic E-state index is 12.7. The summed E-state index contributed by atoms with van der Waals surface area (Å²) in [7, 11) is -3.53. The Kier molecular flexibility index (Phi) is 5.79. The minimum absolute atomic E-state index is 0.0837. The number of nitrogens with zero attached hydrogens (tertiary/aromatic N) is 3. The van der Waals surface area contributed by atoms with Crippen molar-refractivity contribution in [2.24, 2.45) is 0 Å². The van der Waals surface area contributed by atoms with Gasteiger partial charge in [-0.2, -0.15) is 9.29 Å². The number of aromatic nitrogens is 3. The van der Waals surface area contributed by atoms with Gasteiger partial charge in [-0.15, -0.1) is 5.10 Å². The number of amides is 1. The molecule has 0 spiro atoms. The highest BCUT2D eigenvalue weighted by Gasteiger charge is 2.26. The van der Waals surface area contributed by atoms with Crippen LogP contribution in [0.5, 0.6) is 0 Å². The largest absolute Gasteiger partial charge is 0.368 e. The summed E-state index contributed by atoms with van der Waals surface area (Å²) in [5.74, 6) is -0.0187. The second-order valence-electron chi connectivity index (χ2n) is 5.83. The second kappa shape index (κ2) is 8.06. The van der Waals surface area contributed by atoms with Crippen molar-refractivity contribution in [2.45, 2.75) is 29.3 Å². The van der Waals surface area contributed by atoms with Crippen LogP contribution in [0.25, 0.3) is 0 Å². The fourth-order valence-electron chi connectivity index (χ4n) is 2.64. The molecule has 4 N–H and O–H groups in total. The van der Waals surface area contributed by atoms with Gasteiger partial charge >= 0.3 is 0 Å². The van der Waals surface area contributed by atoms with E-state index in [1.165, 1.54) is 10.4 Å². The number of thioether (sulfide) groups is 1. The first kappa shape index (κ1) is 18.7. The van der Waals surface area contributed by atoms with Crippen LogP contribution in [0.2, 0.25) is 0 Å². The van der Waals surface area contributed by atoms with Gasteiger partial charge in [0.25, 0.3) is 0 Å². The number of aromatic amines is 1. The standard InChI is InChI=1S/C15H20N6O3S2/c16-14-18-15(20-19-14)25-10-13(22)17-11-5-4-6-12(9-11)26(23,24)21-7-2-1-3-8-21/h4-6,9H,1-3,7-8,10H2,(H,17,22)(H3,16,18,19,20). The van der Waals surface area contributed by atoms with Crippen molar-refractivity contribution >= 4 is 39.3 Å². The Morgan fingerprint density at radius 3 is 2.77 bits per heavy atom. The first-order chi connectivity index (χ1) is 12.4. The highest BCUT2D eigenvalue weighted by Crippen LogP contribution is 2.23. The molecule has 11 heteroatoms. The van der Waals surface area contributed by atoms with E-state index in [4.69, 9.17) is 5.73 Å². The number of sulfonamides is 1. The average molecular weight is 396 g/mol. The summed E-state index contributed by atoms with van der Waals surface area (Å²) in [5.41, 5.74) is 5.86. The van der Waals surface area contributed by atoms with E-state index in [9.17, 15) is 13.2 Å². The van der Waals surface area contributed by atoms with E-state index in [-0.39, 0.29) is 22.5 Å². The summed E-state index contributed by atoms with van der Waals surface area (Å²) >= 11 is 1.13. The number of carbonyl (C=O) groups excluding carboxylic acids is 1. The Morgan fingerprint density at radius 1 is 1.31 bits per heavy atom. The molecule has 3 rings (SSSR count). The smallest absolute Gasteiger partial charge is 0.243 e. The molecule has 1 amide bonds. The van der Waals surface area contributed by atoms with Crippen molar-refractivity contribution in [3.63, 3.8) is 0 Å². The summed E-state index contributed by atoms with van der Waals surface area (Å²) in [4.78, 5) is 16.2. The Balaban J connectivity index is 1.64. The molecule has 140 valence electrons. The van der Waals surface area contributed by atoms with Crippen LogP contribution >= 0.6 is 11.8 Å². The Morgan fingerprint density at radius 2 is 2.08 bits per heavy atom. The van der Waals surface area contributed by atoms with Crippen molar-refractivity contribution in [1.29, 1.82) is 0 Å². The van der Waals surface area contributed by atoms with E-state index >= 15 is 0 Å². The molecule has 1 aliphatic rings. The molecule has 0 atom stereocenters. The quantitative estimate of drug-likeness (QED) is 0.626. The molecule has 2 heterocycles. The number of carbonyl (C=O) groups is 1. The van der Waals surface area contributed by atoms with Gasteiger partial charge in [0.15, 0.2) is 0 Å². The van der Waals surface area contributed by atoms with Gasteiger partial charge in [-0.25, -0.2) is 13.5 Å². The predicted molar refractivity (Wildman–Crippen MR) is 99.2 cm³/mol. The minimum Gasteiger partial charge on any atom is -0.368 e. The maximum atomic E-state index is 12.7. The van der Waals surface area contributed by atoms with Crippen LogP contribution in [-0.4, -0.2) is 52.7 Å². The minimum atomic E-state index is -3.53. The number of anilines is 2. The van der Waals surface area contributed by atoms with Crippen LogP contribution < -0.4 is 11.1 Å². The molecule has 1 aromatic heterocycles. The van der Waals surface area contributed by atoms with Crippen LogP contribution in [-0.2, 0) is 14.8 Å². The number of H-pyrrole nitrogens is 1. The number of hydrogen-bond acceptors (Lipinski definition) is 7. The molecule has 1 aromatic carbocycles. The highest BCUT2D eigenvalue weighted by molar-refractivity contribution is 7.99. The monoisotopic (exact) mass is 396 g/mol. The fraction of sp³-hybridized carbons (Fsp3) is 0.400. The van der Waals surface area contributed by atoms with Crippen LogP contribution in [0.3, 0.4) is 0 Å².